The Hall–Kier alpha value is -1.88. The van der Waals surface area contributed by atoms with Crippen LogP contribution in [0.4, 0.5) is 4.39 Å². The summed E-state index contributed by atoms with van der Waals surface area (Å²) in [5.74, 6) is -0.891. The highest BCUT2D eigenvalue weighted by atomic mass is 19.1. The number of nitrogens with one attached hydrogen (secondary N) is 1. The molecule has 2 aromatic rings. The van der Waals surface area contributed by atoms with Gasteiger partial charge in [-0.3, -0.25) is 4.79 Å². The van der Waals surface area contributed by atoms with Gasteiger partial charge in [-0.2, -0.15) is 0 Å². The number of nitrogens with zero attached hydrogens (tertiary/aromatic N) is 1. The molecule has 100 valence electrons. The molecule has 4 nitrogen and oxygen atoms in total. The number of H-pyrrole nitrogens is 1. The number of halogens is 1. The van der Waals surface area contributed by atoms with Crippen molar-refractivity contribution in [3.8, 4) is 0 Å². The zero-order chi connectivity index (χ0) is 13.6. The van der Waals surface area contributed by atoms with Crippen LogP contribution in [0.2, 0.25) is 0 Å². The van der Waals surface area contributed by atoms with E-state index in [1.54, 1.807) is 12.1 Å². The van der Waals surface area contributed by atoms with Crippen LogP contribution in [0, 0.1) is 5.82 Å². The van der Waals surface area contributed by atoms with E-state index in [0.29, 0.717) is 10.9 Å². The molecule has 1 aromatic carbocycles. The average Bonchev–Trinajstić information content (AvgIpc) is 2.72. The molecular formula is C14H15FN2O2. The van der Waals surface area contributed by atoms with Gasteiger partial charge in [0.2, 0.25) is 0 Å². The van der Waals surface area contributed by atoms with Crippen LogP contribution in [0.1, 0.15) is 23.0 Å². The van der Waals surface area contributed by atoms with Crippen LogP contribution in [0.3, 0.4) is 0 Å². The number of aryl methyl sites for hydroxylation is 1. The normalized spacial score (nSPS) is 15.8. The van der Waals surface area contributed by atoms with Crippen molar-refractivity contribution >= 4 is 16.8 Å². The third-order valence-corrected chi connectivity index (χ3v) is 3.60. The van der Waals surface area contributed by atoms with Gasteiger partial charge in [0.15, 0.2) is 5.82 Å². The maximum absolute atomic E-state index is 14.3. The number of carbonyl (C=O) groups is 1. The quantitative estimate of drug-likeness (QED) is 0.865. The molecule has 19 heavy (non-hydrogen) atoms. The van der Waals surface area contributed by atoms with Gasteiger partial charge in [-0.25, -0.2) is 4.39 Å². The van der Waals surface area contributed by atoms with E-state index < -0.39 is 11.9 Å². The molecular weight excluding hydrogens is 247 g/mol. The maximum Gasteiger partial charge on any atom is 0.273 e. The zero-order valence-electron chi connectivity index (χ0n) is 10.6. The minimum atomic E-state index is -0.503. The molecule has 1 amide bonds. The first kappa shape index (κ1) is 12.2. The Morgan fingerprint density at radius 3 is 2.89 bits per heavy atom. The van der Waals surface area contributed by atoms with Crippen LogP contribution in [0.15, 0.2) is 18.2 Å². The monoisotopic (exact) mass is 262 g/mol. The molecule has 2 heterocycles. The van der Waals surface area contributed by atoms with Gasteiger partial charge in [0, 0.05) is 18.5 Å². The number of likely N-dealkylation sites (tertiary alicyclic amines) is 1. The van der Waals surface area contributed by atoms with Gasteiger partial charge in [-0.15, -0.1) is 0 Å². The number of para-hydroxylation sites is 1. The van der Waals surface area contributed by atoms with Crippen LogP contribution in [-0.4, -0.2) is 40.1 Å². The van der Waals surface area contributed by atoms with Crippen molar-refractivity contribution in [2.75, 3.05) is 13.1 Å². The zero-order valence-corrected chi connectivity index (χ0v) is 10.6. The number of rotatable bonds is 2. The summed E-state index contributed by atoms with van der Waals surface area (Å²) < 4.78 is 14.3. The van der Waals surface area contributed by atoms with Crippen molar-refractivity contribution in [2.24, 2.45) is 0 Å². The molecule has 0 saturated carbocycles. The lowest BCUT2D eigenvalue weighted by molar-refractivity contribution is 0.00526. The van der Waals surface area contributed by atoms with E-state index in [1.807, 2.05) is 13.0 Å². The molecule has 0 bridgehead atoms. The highest BCUT2D eigenvalue weighted by molar-refractivity contribution is 5.99. The van der Waals surface area contributed by atoms with Crippen molar-refractivity contribution in [3.05, 3.63) is 35.3 Å². The molecule has 1 fully saturated rings. The number of hydrogen-bond acceptors (Lipinski definition) is 2. The summed E-state index contributed by atoms with van der Waals surface area (Å²) >= 11 is 0. The summed E-state index contributed by atoms with van der Waals surface area (Å²) in [7, 11) is 0. The fraction of sp³-hybridized carbons (Fsp3) is 0.357. The summed E-state index contributed by atoms with van der Waals surface area (Å²) in [5, 5.41) is 9.66. The fourth-order valence-corrected chi connectivity index (χ4v) is 2.47. The molecule has 0 unspecified atom stereocenters. The third-order valence-electron chi connectivity index (χ3n) is 3.60. The van der Waals surface area contributed by atoms with E-state index in [0.717, 1.165) is 12.0 Å². The molecule has 0 aliphatic carbocycles. The second-order valence-electron chi connectivity index (χ2n) is 4.87. The van der Waals surface area contributed by atoms with Crippen LogP contribution in [-0.2, 0) is 6.42 Å². The Bertz CT molecular complexity index is 644. The molecule has 0 radical (unpaired) electrons. The number of aliphatic hydroxyl groups is 1. The van der Waals surface area contributed by atoms with Crippen LogP contribution < -0.4 is 0 Å². The van der Waals surface area contributed by atoms with Crippen molar-refractivity contribution in [1.29, 1.82) is 0 Å². The highest BCUT2D eigenvalue weighted by Gasteiger charge is 2.32. The van der Waals surface area contributed by atoms with Crippen molar-refractivity contribution in [1.82, 2.24) is 9.88 Å². The Morgan fingerprint density at radius 1 is 1.53 bits per heavy atom. The number of aliphatic hydroxyl groups excluding tert-OH is 1. The standard InChI is InChI=1S/C14H15FN2O2/c1-2-8-4-3-5-10-11(15)13(16-12(8)10)14(19)17-6-9(18)7-17/h3-5,9,16,18H,2,6-7H2,1H3. The van der Waals surface area contributed by atoms with Crippen molar-refractivity contribution < 1.29 is 14.3 Å². The second kappa shape index (κ2) is 4.35. The molecule has 1 aromatic heterocycles. The van der Waals surface area contributed by atoms with E-state index in [1.165, 1.54) is 4.90 Å². The fourth-order valence-electron chi connectivity index (χ4n) is 2.47. The SMILES string of the molecule is CCc1cccc2c(F)c(C(=O)N3CC(O)C3)[nH]c12. The van der Waals surface area contributed by atoms with Gasteiger partial charge in [-0.05, 0) is 18.1 Å². The Morgan fingerprint density at radius 2 is 2.26 bits per heavy atom. The van der Waals surface area contributed by atoms with Gasteiger partial charge in [0.05, 0.1) is 11.6 Å². The lowest BCUT2D eigenvalue weighted by Gasteiger charge is -2.35. The largest absolute Gasteiger partial charge is 0.389 e. The number of aromatic nitrogens is 1. The number of carbonyl (C=O) groups excluding carboxylic acids is 1. The minimum Gasteiger partial charge on any atom is -0.389 e. The summed E-state index contributed by atoms with van der Waals surface area (Å²) in [5.41, 5.74) is 1.66. The molecule has 0 spiro atoms. The summed E-state index contributed by atoms with van der Waals surface area (Å²) in [6, 6.07) is 5.38. The van der Waals surface area contributed by atoms with Gasteiger partial charge < -0.3 is 15.0 Å². The predicted molar refractivity (Wildman–Crippen MR) is 69.5 cm³/mol. The number of hydrogen-bond donors (Lipinski definition) is 2. The van der Waals surface area contributed by atoms with Gasteiger partial charge in [0.25, 0.3) is 5.91 Å². The third kappa shape index (κ3) is 1.81. The first-order valence-corrected chi connectivity index (χ1v) is 6.38. The lowest BCUT2D eigenvalue weighted by atomic mass is 10.1. The van der Waals surface area contributed by atoms with Crippen molar-refractivity contribution in [3.63, 3.8) is 0 Å². The second-order valence-corrected chi connectivity index (χ2v) is 4.87. The average molecular weight is 262 g/mol. The highest BCUT2D eigenvalue weighted by Crippen LogP contribution is 2.26. The van der Waals surface area contributed by atoms with Gasteiger partial charge in [-0.1, -0.05) is 19.1 Å². The smallest absolute Gasteiger partial charge is 0.273 e. The lowest BCUT2D eigenvalue weighted by Crippen LogP contribution is -2.53. The van der Waals surface area contributed by atoms with Crippen LogP contribution in [0.5, 0.6) is 0 Å². The van der Waals surface area contributed by atoms with E-state index in [2.05, 4.69) is 4.98 Å². The van der Waals surface area contributed by atoms with E-state index in [4.69, 9.17) is 0 Å². The van der Waals surface area contributed by atoms with Gasteiger partial charge >= 0.3 is 0 Å². The Balaban J connectivity index is 2.05. The molecule has 1 aliphatic heterocycles. The molecule has 1 saturated heterocycles. The molecule has 3 rings (SSSR count). The van der Waals surface area contributed by atoms with E-state index in [9.17, 15) is 14.3 Å². The topological polar surface area (TPSA) is 56.3 Å². The number of benzene rings is 1. The summed E-state index contributed by atoms with van der Waals surface area (Å²) in [4.78, 5) is 16.4. The maximum atomic E-state index is 14.3. The number of β-amino-alcohol motifs (C(OH)–C–C–N with tert-alkyl or cyclic N) is 1. The van der Waals surface area contributed by atoms with E-state index >= 15 is 0 Å². The molecule has 0 atom stereocenters. The first-order chi connectivity index (χ1) is 9.11. The number of amides is 1. The van der Waals surface area contributed by atoms with E-state index in [-0.39, 0.29) is 24.7 Å². The van der Waals surface area contributed by atoms with Gasteiger partial charge in [0.1, 0.15) is 5.69 Å². The molecule has 1 aliphatic rings. The first-order valence-electron chi connectivity index (χ1n) is 6.38. The number of fused-ring (bicyclic) bond motifs is 1. The molecule has 2 N–H and O–H groups in total. The van der Waals surface area contributed by atoms with Crippen LogP contribution in [0.25, 0.3) is 10.9 Å². The Labute approximate surface area is 109 Å². The molecule has 5 heteroatoms. The minimum absolute atomic E-state index is 0.0113. The van der Waals surface area contributed by atoms with Crippen molar-refractivity contribution in [2.45, 2.75) is 19.4 Å². The number of aromatic amines is 1. The predicted octanol–water partition coefficient (Wildman–Crippen LogP) is 1.69. The summed E-state index contributed by atoms with van der Waals surface area (Å²) in [6.45, 7) is 2.53. The Kier molecular flexibility index (Phi) is 2.78. The summed E-state index contributed by atoms with van der Waals surface area (Å²) in [6.07, 6.45) is 0.287. The van der Waals surface area contributed by atoms with Crippen LogP contribution >= 0.6 is 0 Å².